The number of piperazine rings is 1. The molecule has 1 heterocycles. The van der Waals surface area contributed by atoms with E-state index in [4.69, 9.17) is 27.4 Å². The molecule has 7 nitrogen and oxygen atoms in total. The SMILES string of the molecule is CC(C1=CC(=N)/C(=C\C=N)C=C1)N1CCN(C(=N)SC(N)=[NH2+])CC1. The number of nitrogens with zero attached hydrogens (tertiary/aromatic N) is 2. The van der Waals surface area contributed by atoms with Gasteiger partial charge >= 0.3 is 5.17 Å². The molecule has 0 bridgehead atoms. The highest BCUT2D eigenvalue weighted by atomic mass is 32.2. The maximum atomic E-state index is 8.06. The Morgan fingerprint density at radius 3 is 2.54 bits per heavy atom. The van der Waals surface area contributed by atoms with Crippen LogP contribution in [0.5, 0.6) is 0 Å². The van der Waals surface area contributed by atoms with Gasteiger partial charge in [0.25, 0.3) is 0 Å². The highest BCUT2D eigenvalue weighted by molar-refractivity contribution is 8.26. The van der Waals surface area contributed by atoms with Gasteiger partial charge in [-0.2, -0.15) is 0 Å². The summed E-state index contributed by atoms with van der Waals surface area (Å²) in [4.78, 5) is 4.32. The zero-order valence-electron chi connectivity index (χ0n) is 13.7. The molecule has 0 aromatic rings. The number of rotatable bonds is 3. The van der Waals surface area contributed by atoms with Crippen LogP contribution in [0.1, 0.15) is 6.92 Å². The Bertz CT molecular complexity index is 639. The lowest BCUT2D eigenvalue weighted by Gasteiger charge is -2.39. The van der Waals surface area contributed by atoms with Crippen molar-refractivity contribution in [1.82, 2.24) is 9.80 Å². The van der Waals surface area contributed by atoms with E-state index in [0.717, 1.165) is 49.1 Å². The Morgan fingerprint density at radius 1 is 1.33 bits per heavy atom. The second-order valence-corrected chi connectivity index (χ2v) is 6.75. The van der Waals surface area contributed by atoms with Gasteiger partial charge < -0.3 is 15.7 Å². The second-order valence-electron chi connectivity index (χ2n) is 5.69. The molecule has 0 aromatic carbocycles. The Kier molecular flexibility index (Phi) is 6.10. The molecule has 1 aliphatic carbocycles. The molecule has 1 aliphatic heterocycles. The zero-order valence-corrected chi connectivity index (χ0v) is 14.6. The maximum Gasteiger partial charge on any atom is 0.307 e. The third-order valence-electron chi connectivity index (χ3n) is 4.19. The van der Waals surface area contributed by atoms with E-state index in [1.54, 1.807) is 6.08 Å². The molecule has 2 rings (SSSR count). The first-order valence-electron chi connectivity index (χ1n) is 7.75. The molecule has 1 saturated heterocycles. The fraction of sp³-hybridized carbons (Fsp3) is 0.375. The Hall–Kier alpha value is -2.19. The normalized spacial score (nSPS) is 21.5. The first kappa shape index (κ1) is 18.2. The van der Waals surface area contributed by atoms with Crippen molar-refractivity contribution >= 4 is 34.0 Å². The average Bonchev–Trinajstić information content (AvgIpc) is 2.55. The Morgan fingerprint density at radius 2 is 2.00 bits per heavy atom. The summed E-state index contributed by atoms with van der Waals surface area (Å²) in [5.41, 5.74) is 7.74. The van der Waals surface area contributed by atoms with E-state index >= 15 is 0 Å². The van der Waals surface area contributed by atoms with Crippen molar-refractivity contribution in [2.45, 2.75) is 13.0 Å². The maximum absolute atomic E-state index is 8.06. The van der Waals surface area contributed by atoms with Crippen LogP contribution in [0.4, 0.5) is 0 Å². The topological polar surface area (TPSA) is 130 Å². The van der Waals surface area contributed by atoms with Crippen LogP contribution >= 0.6 is 11.8 Å². The fourth-order valence-corrected chi connectivity index (χ4v) is 3.30. The van der Waals surface area contributed by atoms with E-state index in [1.807, 2.05) is 23.1 Å². The lowest BCUT2D eigenvalue weighted by atomic mass is 9.95. The lowest BCUT2D eigenvalue weighted by Crippen LogP contribution is -2.52. The van der Waals surface area contributed by atoms with Gasteiger partial charge in [-0.25, -0.2) is 0 Å². The number of allylic oxidation sites excluding steroid dienone is 4. The van der Waals surface area contributed by atoms with E-state index in [0.29, 0.717) is 10.9 Å². The van der Waals surface area contributed by atoms with E-state index in [-0.39, 0.29) is 11.2 Å². The van der Waals surface area contributed by atoms with Gasteiger partial charge in [-0.1, -0.05) is 12.2 Å². The van der Waals surface area contributed by atoms with E-state index in [2.05, 4.69) is 11.8 Å². The number of hydrogen-bond acceptors (Lipinski definition) is 5. The van der Waals surface area contributed by atoms with Crippen molar-refractivity contribution in [2.24, 2.45) is 5.73 Å². The summed E-state index contributed by atoms with van der Waals surface area (Å²) in [6, 6.07) is 0.207. The van der Waals surface area contributed by atoms with Gasteiger partial charge in [-0.3, -0.25) is 21.5 Å². The standard InChI is InChI=1S/C16H23N7S/c1-11(13-3-2-12(4-5-17)14(18)10-13)22-6-8-23(9-7-22)16(21)24-15(19)20/h2-5,10-11,17-18,21H,6-9H2,1H3,(H3,19,20)/p+1/b12-4-,17-5?,18-14?,21-16?. The first-order valence-corrected chi connectivity index (χ1v) is 8.56. The summed E-state index contributed by atoms with van der Waals surface area (Å²) in [5.74, 6) is 0. The number of amidine groups is 2. The number of thioether (sulfide) groups is 1. The number of nitrogens with one attached hydrogen (secondary N) is 3. The van der Waals surface area contributed by atoms with Crippen LogP contribution in [0.15, 0.2) is 35.5 Å². The van der Waals surface area contributed by atoms with Crippen LogP contribution in [-0.4, -0.2) is 64.3 Å². The van der Waals surface area contributed by atoms with Crippen LogP contribution in [-0.2, 0) is 0 Å². The third-order valence-corrected chi connectivity index (χ3v) is 4.87. The van der Waals surface area contributed by atoms with Crippen LogP contribution in [0, 0.1) is 16.2 Å². The van der Waals surface area contributed by atoms with Crippen LogP contribution in [0.25, 0.3) is 0 Å². The fourth-order valence-electron chi connectivity index (χ4n) is 2.77. The van der Waals surface area contributed by atoms with Gasteiger partial charge in [0.2, 0.25) is 0 Å². The highest BCUT2D eigenvalue weighted by Gasteiger charge is 2.25. The Balaban J connectivity index is 1.94. The van der Waals surface area contributed by atoms with Gasteiger partial charge in [-0.15, -0.1) is 0 Å². The molecule has 0 amide bonds. The van der Waals surface area contributed by atoms with E-state index in [9.17, 15) is 0 Å². The molecular weight excluding hydrogens is 322 g/mol. The quantitative estimate of drug-likeness (QED) is 0.359. The molecule has 0 spiro atoms. The third kappa shape index (κ3) is 4.42. The molecule has 1 unspecified atom stereocenters. The molecule has 8 heteroatoms. The lowest BCUT2D eigenvalue weighted by molar-refractivity contribution is -0.109. The summed E-state index contributed by atoms with van der Waals surface area (Å²) >= 11 is 1.09. The minimum atomic E-state index is 0.195. The molecule has 1 fully saturated rings. The van der Waals surface area contributed by atoms with E-state index in [1.165, 1.54) is 6.21 Å². The first-order chi connectivity index (χ1) is 11.4. The van der Waals surface area contributed by atoms with E-state index < -0.39 is 0 Å². The predicted octanol–water partition coefficient (Wildman–Crippen LogP) is -0.174. The van der Waals surface area contributed by atoms with Gasteiger partial charge in [0, 0.05) is 55.8 Å². The van der Waals surface area contributed by atoms with Crippen molar-refractivity contribution in [3.63, 3.8) is 0 Å². The van der Waals surface area contributed by atoms with Gasteiger partial charge in [0.1, 0.15) is 0 Å². The molecule has 24 heavy (non-hydrogen) atoms. The summed E-state index contributed by atoms with van der Waals surface area (Å²) in [5, 5.41) is 29.2. The van der Waals surface area contributed by atoms with Crippen LogP contribution in [0.3, 0.4) is 0 Å². The molecule has 0 radical (unpaired) electrons. The van der Waals surface area contributed by atoms with Crippen molar-refractivity contribution < 1.29 is 5.41 Å². The zero-order chi connectivity index (χ0) is 17.7. The van der Waals surface area contributed by atoms with Crippen molar-refractivity contribution in [2.75, 3.05) is 26.2 Å². The second kappa shape index (κ2) is 8.07. The summed E-state index contributed by atoms with van der Waals surface area (Å²) in [7, 11) is 0. The van der Waals surface area contributed by atoms with Gasteiger partial charge in [0.05, 0.1) is 5.71 Å². The minimum Gasteiger partial charge on any atom is -0.349 e. The van der Waals surface area contributed by atoms with Crippen molar-refractivity contribution in [3.05, 3.63) is 35.5 Å². The van der Waals surface area contributed by atoms with Gasteiger partial charge in [-0.05, 0) is 24.6 Å². The molecule has 1 atom stereocenters. The molecule has 0 saturated carbocycles. The number of hydrogen-bond donors (Lipinski definition) is 5. The van der Waals surface area contributed by atoms with Gasteiger partial charge in [0.15, 0.2) is 5.17 Å². The molecule has 128 valence electrons. The predicted molar refractivity (Wildman–Crippen MR) is 101 cm³/mol. The molecule has 0 aromatic heterocycles. The summed E-state index contributed by atoms with van der Waals surface area (Å²) in [6.07, 6.45) is 8.61. The summed E-state index contributed by atoms with van der Waals surface area (Å²) < 4.78 is 0. The Labute approximate surface area is 146 Å². The van der Waals surface area contributed by atoms with Crippen LogP contribution < -0.4 is 11.1 Å². The smallest absolute Gasteiger partial charge is 0.307 e. The molecule has 2 aliphatic rings. The highest BCUT2D eigenvalue weighted by Crippen LogP contribution is 2.21. The minimum absolute atomic E-state index is 0.195. The largest absolute Gasteiger partial charge is 0.349 e. The number of nitrogens with two attached hydrogens (primary N) is 2. The monoisotopic (exact) mass is 346 g/mol. The van der Waals surface area contributed by atoms with Crippen molar-refractivity contribution in [3.8, 4) is 0 Å². The van der Waals surface area contributed by atoms with Crippen LogP contribution in [0.2, 0.25) is 0 Å². The average molecular weight is 346 g/mol. The summed E-state index contributed by atoms with van der Waals surface area (Å²) in [6.45, 7) is 5.34. The molecule has 7 N–H and O–H groups in total. The van der Waals surface area contributed by atoms with Crippen molar-refractivity contribution in [1.29, 1.82) is 16.2 Å². The molecular formula is C16H24N7S+.